The van der Waals surface area contributed by atoms with Crippen LogP contribution in [-0.2, 0) is 19.1 Å². The smallest absolute Gasteiger partial charge is 0.340 e. The summed E-state index contributed by atoms with van der Waals surface area (Å²) in [4.78, 5) is 54.1. The van der Waals surface area contributed by atoms with Gasteiger partial charge in [-0.1, -0.05) is 12.1 Å². The Morgan fingerprint density at radius 1 is 1.16 bits per heavy atom. The highest BCUT2D eigenvalue weighted by molar-refractivity contribution is 6.03. The second-order valence-corrected chi connectivity index (χ2v) is 7.45. The predicted molar refractivity (Wildman–Crippen MR) is 115 cm³/mol. The molecule has 1 N–H and O–H groups in total. The van der Waals surface area contributed by atoms with Crippen LogP contribution in [0.3, 0.4) is 0 Å². The van der Waals surface area contributed by atoms with Crippen molar-refractivity contribution in [2.45, 2.75) is 27.2 Å². The average Bonchev–Trinajstić information content (AvgIpc) is 3.31. The molecular formula is C23H26N2O7. The molecule has 0 bridgehead atoms. The fourth-order valence-electron chi connectivity index (χ4n) is 3.82. The van der Waals surface area contributed by atoms with Gasteiger partial charge in [0, 0.05) is 18.7 Å². The maximum absolute atomic E-state index is 12.6. The summed E-state index contributed by atoms with van der Waals surface area (Å²) in [6.45, 7) is 4.85. The van der Waals surface area contributed by atoms with E-state index in [1.54, 1.807) is 45.0 Å². The standard InChI is InChI=1S/C23H26N2O7/c1-5-31-23(29)20-13(2)21(24-14(20)3)17(26)12-32-22(28)15-10-19(27)25(11-15)16-8-6-7-9-18(16)30-4/h6-9,15,24H,5,10-12H2,1-4H3/t15-/m1/s1. The first-order valence-electron chi connectivity index (χ1n) is 10.3. The lowest BCUT2D eigenvalue weighted by Gasteiger charge is -2.19. The van der Waals surface area contributed by atoms with Crippen LogP contribution in [0.1, 0.15) is 45.4 Å². The van der Waals surface area contributed by atoms with Gasteiger partial charge >= 0.3 is 11.9 Å². The number of amides is 1. The molecule has 1 aromatic heterocycles. The predicted octanol–water partition coefficient (Wildman–Crippen LogP) is 2.60. The van der Waals surface area contributed by atoms with E-state index in [9.17, 15) is 19.2 Å². The number of aromatic amines is 1. The molecule has 1 fully saturated rings. The molecule has 1 aliphatic rings. The lowest BCUT2D eigenvalue weighted by molar-refractivity contribution is -0.147. The van der Waals surface area contributed by atoms with Crippen LogP contribution in [0.4, 0.5) is 5.69 Å². The molecule has 9 heteroatoms. The van der Waals surface area contributed by atoms with Crippen LogP contribution in [-0.4, -0.2) is 55.5 Å². The van der Waals surface area contributed by atoms with E-state index in [4.69, 9.17) is 14.2 Å². The number of nitrogens with one attached hydrogen (secondary N) is 1. The van der Waals surface area contributed by atoms with Crippen LogP contribution < -0.4 is 9.64 Å². The van der Waals surface area contributed by atoms with Crippen LogP contribution >= 0.6 is 0 Å². The zero-order valence-electron chi connectivity index (χ0n) is 18.5. The van der Waals surface area contributed by atoms with Crippen molar-refractivity contribution in [2.24, 2.45) is 5.92 Å². The summed E-state index contributed by atoms with van der Waals surface area (Å²) in [5.41, 5.74) is 2.02. The molecule has 9 nitrogen and oxygen atoms in total. The number of H-pyrrole nitrogens is 1. The summed E-state index contributed by atoms with van der Waals surface area (Å²) in [7, 11) is 1.51. The highest BCUT2D eigenvalue weighted by Crippen LogP contribution is 2.33. The lowest BCUT2D eigenvalue weighted by atomic mass is 10.1. The number of rotatable bonds is 8. The van der Waals surface area contributed by atoms with Crippen molar-refractivity contribution < 1.29 is 33.4 Å². The SMILES string of the molecule is CCOC(=O)c1c(C)[nH]c(C(=O)COC(=O)[C@@H]2CC(=O)N(c3ccccc3OC)C2)c1C. The normalized spacial score (nSPS) is 15.6. The molecule has 3 rings (SSSR count). The molecular weight excluding hydrogens is 416 g/mol. The van der Waals surface area contributed by atoms with E-state index >= 15 is 0 Å². The molecule has 0 aliphatic carbocycles. The molecule has 1 amide bonds. The number of aryl methyl sites for hydroxylation is 1. The molecule has 1 atom stereocenters. The number of Topliss-reactive ketones (excluding diaryl/α,β-unsaturated/α-hetero) is 1. The van der Waals surface area contributed by atoms with E-state index in [0.29, 0.717) is 28.3 Å². The lowest BCUT2D eigenvalue weighted by Crippen LogP contribution is -2.27. The highest BCUT2D eigenvalue weighted by atomic mass is 16.5. The van der Waals surface area contributed by atoms with Gasteiger partial charge in [-0.05, 0) is 38.5 Å². The van der Waals surface area contributed by atoms with E-state index in [2.05, 4.69) is 4.98 Å². The average molecular weight is 442 g/mol. The van der Waals surface area contributed by atoms with Gasteiger partial charge in [0.15, 0.2) is 6.61 Å². The highest BCUT2D eigenvalue weighted by Gasteiger charge is 2.37. The maximum Gasteiger partial charge on any atom is 0.340 e. The number of hydrogen-bond donors (Lipinski definition) is 1. The Labute approximate surface area is 185 Å². The number of para-hydroxylation sites is 2. The number of ketones is 1. The first-order chi connectivity index (χ1) is 15.3. The summed E-state index contributed by atoms with van der Waals surface area (Å²) in [5, 5.41) is 0. The van der Waals surface area contributed by atoms with Crippen LogP contribution in [0.25, 0.3) is 0 Å². The van der Waals surface area contributed by atoms with Gasteiger partial charge < -0.3 is 24.1 Å². The Kier molecular flexibility index (Phi) is 6.97. The molecule has 2 aromatic rings. The summed E-state index contributed by atoms with van der Waals surface area (Å²) < 4.78 is 15.5. The number of carbonyl (C=O) groups excluding carboxylic acids is 4. The zero-order valence-corrected chi connectivity index (χ0v) is 18.5. The number of hydrogen-bond acceptors (Lipinski definition) is 7. The number of aromatic nitrogens is 1. The Bertz CT molecular complexity index is 1060. The van der Waals surface area contributed by atoms with Crippen molar-refractivity contribution in [1.29, 1.82) is 0 Å². The first-order valence-corrected chi connectivity index (χ1v) is 10.3. The fraction of sp³-hybridized carbons (Fsp3) is 0.391. The van der Waals surface area contributed by atoms with Crippen molar-refractivity contribution in [3.8, 4) is 5.75 Å². The minimum atomic E-state index is -0.693. The van der Waals surface area contributed by atoms with Gasteiger partial charge in [-0.15, -0.1) is 0 Å². The second-order valence-electron chi connectivity index (χ2n) is 7.45. The largest absolute Gasteiger partial charge is 0.495 e. The molecule has 170 valence electrons. The van der Waals surface area contributed by atoms with Gasteiger partial charge in [0.2, 0.25) is 11.7 Å². The molecule has 0 radical (unpaired) electrons. The third-order valence-corrected chi connectivity index (χ3v) is 5.38. The maximum atomic E-state index is 12.6. The Hall–Kier alpha value is -3.62. The molecule has 1 aliphatic heterocycles. The minimum Gasteiger partial charge on any atom is -0.495 e. The van der Waals surface area contributed by atoms with Gasteiger partial charge in [-0.25, -0.2) is 4.79 Å². The molecule has 1 aromatic carbocycles. The van der Waals surface area contributed by atoms with Crippen molar-refractivity contribution >= 4 is 29.3 Å². The minimum absolute atomic E-state index is 0.0152. The van der Waals surface area contributed by atoms with Crippen LogP contribution in [0.15, 0.2) is 24.3 Å². The fourth-order valence-corrected chi connectivity index (χ4v) is 3.82. The zero-order chi connectivity index (χ0) is 23.4. The molecule has 2 heterocycles. The van der Waals surface area contributed by atoms with Gasteiger partial charge in [0.25, 0.3) is 0 Å². The van der Waals surface area contributed by atoms with E-state index < -0.39 is 30.2 Å². The first kappa shape index (κ1) is 23.1. The molecule has 0 spiro atoms. The monoisotopic (exact) mass is 442 g/mol. The van der Waals surface area contributed by atoms with E-state index in [1.165, 1.54) is 12.0 Å². The topological polar surface area (TPSA) is 115 Å². The van der Waals surface area contributed by atoms with Crippen LogP contribution in [0.5, 0.6) is 5.75 Å². The number of anilines is 1. The van der Waals surface area contributed by atoms with Crippen molar-refractivity contribution in [1.82, 2.24) is 4.98 Å². The van der Waals surface area contributed by atoms with Gasteiger partial charge in [-0.2, -0.15) is 0 Å². The molecule has 0 unspecified atom stereocenters. The Morgan fingerprint density at radius 2 is 1.88 bits per heavy atom. The van der Waals surface area contributed by atoms with E-state index in [-0.39, 0.29) is 31.2 Å². The summed E-state index contributed by atoms with van der Waals surface area (Å²) in [6, 6.07) is 7.04. The summed E-state index contributed by atoms with van der Waals surface area (Å²) >= 11 is 0. The van der Waals surface area contributed by atoms with Crippen molar-refractivity contribution in [2.75, 3.05) is 31.8 Å². The number of benzene rings is 1. The van der Waals surface area contributed by atoms with Gasteiger partial charge in [-0.3, -0.25) is 14.4 Å². The number of methoxy groups -OCH3 is 1. The second kappa shape index (κ2) is 9.67. The number of nitrogens with zero attached hydrogens (tertiary/aromatic N) is 1. The van der Waals surface area contributed by atoms with Crippen LogP contribution in [0.2, 0.25) is 0 Å². The van der Waals surface area contributed by atoms with Crippen molar-refractivity contribution in [3.05, 3.63) is 46.8 Å². The third kappa shape index (κ3) is 4.51. The quantitative estimate of drug-likeness (QED) is 0.494. The molecule has 1 saturated heterocycles. The Balaban J connectivity index is 1.64. The molecule has 32 heavy (non-hydrogen) atoms. The molecule has 0 saturated carbocycles. The number of ether oxygens (including phenoxy) is 3. The summed E-state index contributed by atoms with van der Waals surface area (Å²) in [6.07, 6.45) is -0.0152. The Morgan fingerprint density at radius 3 is 2.56 bits per heavy atom. The van der Waals surface area contributed by atoms with Gasteiger partial charge in [0.1, 0.15) is 5.75 Å². The summed E-state index contributed by atoms with van der Waals surface area (Å²) in [5.74, 6) is -2.01. The number of carbonyl (C=O) groups is 4. The van der Waals surface area contributed by atoms with E-state index in [0.717, 1.165) is 0 Å². The van der Waals surface area contributed by atoms with Crippen molar-refractivity contribution in [3.63, 3.8) is 0 Å². The van der Waals surface area contributed by atoms with E-state index in [1.807, 2.05) is 0 Å². The number of esters is 2. The van der Waals surface area contributed by atoms with Gasteiger partial charge in [0.05, 0.1) is 36.6 Å². The van der Waals surface area contributed by atoms with Crippen LogP contribution in [0, 0.1) is 19.8 Å². The third-order valence-electron chi connectivity index (χ3n) is 5.38.